The van der Waals surface area contributed by atoms with Gasteiger partial charge < -0.3 is 20.3 Å². The molecule has 3 N–H and O–H groups in total. The van der Waals surface area contributed by atoms with Crippen LogP contribution in [0, 0.1) is 5.41 Å². The number of carboxylic acids is 1. The van der Waals surface area contributed by atoms with Gasteiger partial charge >= 0.3 is 11.9 Å². The highest BCUT2D eigenvalue weighted by Crippen LogP contribution is 2.33. The third-order valence-electron chi connectivity index (χ3n) is 4.55. The van der Waals surface area contributed by atoms with Crippen LogP contribution in [0.1, 0.15) is 66.2 Å². The van der Waals surface area contributed by atoms with Crippen LogP contribution in [0.4, 0.5) is 0 Å². The molecule has 0 aliphatic rings. The number of hydrogen-bond acceptors (Lipinski definition) is 8. The van der Waals surface area contributed by atoms with Gasteiger partial charge in [-0.25, -0.2) is 4.79 Å². The largest absolute Gasteiger partial charge is 0.479 e. The van der Waals surface area contributed by atoms with E-state index >= 15 is 0 Å². The number of carboxylic acid groups (broad SMARTS) is 1. The van der Waals surface area contributed by atoms with Crippen molar-refractivity contribution in [3.8, 4) is 0 Å². The van der Waals surface area contributed by atoms with E-state index in [4.69, 9.17) is 14.0 Å². The molecule has 0 aromatic heterocycles. The van der Waals surface area contributed by atoms with E-state index in [1.54, 1.807) is 0 Å². The number of hydrogen-bond donors (Lipinski definition) is 3. The first-order valence-electron chi connectivity index (χ1n) is 10.0. The van der Waals surface area contributed by atoms with Crippen molar-refractivity contribution in [2.75, 3.05) is 18.9 Å². The summed E-state index contributed by atoms with van der Waals surface area (Å²) in [6.07, 6.45) is -0.813. The molecule has 176 valence electrons. The van der Waals surface area contributed by atoms with Crippen LogP contribution in [0.2, 0.25) is 0 Å². The predicted molar refractivity (Wildman–Crippen MR) is 109 cm³/mol. The fraction of sp³-hybridized carbons (Fsp3) is 0.842. The highest BCUT2D eigenvalue weighted by Gasteiger charge is 2.43. The fourth-order valence-corrected chi connectivity index (χ4v) is 3.96. The molecule has 0 aromatic rings. The normalized spacial score (nSPS) is 14.0. The van der Waals surface area contributed by atoms with Crippen molar-refractivity contribution in [3.05, 3.63) is 0 Å². The van der Waals surface area contributed by atoms with Gasteiger partial charge in [0.2, 0.25) is 5.91 Å². The second-order valence-corrected chi connectivity index (χ2v) is 9.43. The zero-order valence-electron chi connectivity index (χ0n) is 18.2. The average Bonchev–Trinajstić information content (AvgIpc) is 2.63. The molecule has 0 aliphatic heterocycles. The first kappa shape index (κ1) is 28.3. The maximum absolute atomic E-state index is 12.3. The molecular formula is C19H35NO9S. The minimum atomic E-state index is -4.03. The van der Waals surface area contributed by atoms with Crippen molar-refractivity contribution in [1.29, 1.82) is 0 Å². The molecule has 0 aliphatic carbocycles. The molecule has 1 amide bonds. The van der Waals surface area contributed by atoms with E-state index in [0.29, 0.717) is 25.7 Å². The third-order valence-corrected chi connectivity index (χ3v) is 5.87. The third kappa shape index (κ3) is 11.5. The lowest BCUT2D eigenvalue weighted by molar-refractivity contribution is -0.158. The Kier molecular flexibility index (Phi) is 12.8. The number of carbonyl (C=O) groups excluding carboxylic acids is 2. The van der Waals surface area contributed by atoms with Crippen molar-refractivity contribution in [2.45, 2.75) is 78.4 Å². The molecule has 11 heteroatoms. The molecule has 0 saturated heterocycles. The zero-order chi connectivity index (χ0) is 23.4. The van der Waals surface area contributed by atoms with Gasteiger partial charge in [0.25, 0.3) is 10.1 Å². The SMILES string of the molecule is CCCC(=O)OCCCCC(OS(=O)(=O)CCCNC(C)=O)C(C)(C)[C@@H](O)C(=O)O. The Labute approximate surface area is 178 Å². The van der Waals surface area contributed by atoms with Crippen LogP contribution < -0.4 is 5.32 Å². The summed E-state index contributed by atoms with van der Waals surface area (Å²) < 4.78 is 35.0. The second-order valence-electron chi connectivity index (χ2n) is 7.71. The number of aliphatic hydroxyl groups excluding tert-OH is 1. The van der Waals surface area contributed by atoms with E-state index in [9.17, 15) is 27.9 Å². The molecule has 0 heterocycles. The number of nitrogens with one attached hydrogen (secondary N) is 1. The monoisotopic (exact) mass is 453 g/mol. The summed E-state index contributed by atoms with van der Waals surface area (Å²) in [7, 11) is -4.03. The predicted octanol–water partition coefficient (Wildman–Crippen LogP) is 1.21. The Morgan fingerprint density at radius 1 is 1.13 bits per heavy atom. The quantitative estimate of drug-likeness (QED) is 0.177. The maximum Gasteiger partial charge on any atom is 0.333 e. The molecule has 30 heavy (non-hydrogen) atoms. The topological polar surface area (TPSA) is 156 Å². The average molecular weight is 454 g/mol. The minimum absolute atomic E-state index is 0.129. The number of unbranched alkanes of at least 4 members (excludes halogenated alkanes) is 1. The van der Waals surface area contributed by atoms with Crippen molar-refractivity contribution in [1.82, 2.24) is 5.32 Å². The lowest BCUT2D eigenvalue weighted by Gasteiger charge is -2.35. The first-order chi connectivity index (χ1) is 13.8. The Morgan fingerprint density at radius 3 is 2.30 bits per heavy atom. The van der Waals surface area contributed by atoms with Gasteiger partial charge in [-0.3, -0.25) is 13.8 Å². The highest BCUT2D eigenvalue weighted by atomic mass is 32.2. The van der Waals surface area contributed by atoms with Crippen molar-refractivity contribution in [2.24, 2.45) is 5.41 Å². The van der Waals surface area contributed by atoms with Crippen LogP contribution in [0.5, 0.6) is 0 Å². The van der Waals surface area contributed by atoms with E-state index in [1.165, 1.54) is 20.8 Å². The fourth-order valence-electron chi connectivity index (χ4n) is 2.67. The Balaban J connectivity index is 4.97. The Morgan fingerprint density at radius 2 is 1.77 bits per heavy atom. The maximum atomic E-state index is 12.3. The molecule has 0 rings (SSSR count). The molecule has 0 bridgehead atoms. The highest BCUT2D eigenvalue weighted by molar-refractivity contribution is 7.86. The van der Waals surface area contributed by atoms with Crippen molar-refractivity contribution < 1.29 is 41.9 Å². The van der Waals surface area contributed by atoms with Gasteiger partial charge in [0.1, 0.15) is 0 Å². The second kappa shape index (κ2) is 13.6. The van der Waals surface area contributed by atoms with E-state index in [1.807, 2.05) is 6.92 Å². The molecule has 0 radical (unpaired) electrons. The van der Waals surface area contributed by atoms with Gasteiger partial charge in [-0.2, -0.15) is 8.42 Å². The van der Waals surface area contributed by atoms with E-state index in [0.717, 1.165) is 0 Å². The summed E-state index contributed by atoms with van der Waals surface area (Å²) >= 11 is 0. The van der Waals surface area contributed by atoms with Crippen LogP contribution in [-0.4, -0.2) is 67.6 Å². The van der Waals surface area contributed by atoms with Gasteiger partial charge in [0.05, 0.1) is 18.5 Å². The molecule has 0 aromatic carbocycles. The lowest BCUT2D eigenvalue weighted by atomic mass is 9.78. The Bertz CT molecular complexity index is 661. The van der Waals surface area contributed by atoms with E-state index in [-0.39, 0.29) is 43.6 Å². The number of carbonyl (C=O) groups is 3. The first-order valence-corrected chi connectivity index (χ1v) is 11.6. The van der Waals surface area contributed by atoms with Gasteiger partial charge in [-0.15, -0.1) is 0 Å². The minimum Gasteiger partial charge on any atom is -0.479 e. The molecule has 0 spiro atoms. The molecule has 0 saturated carbocycles. The summed E-state index contributed by atoms with van der Waals surface area (Å²) in [5.74, 6) is -2.44. The van der Waals surface area contributed by atoms with E-state index in [2.05, 4.69) is 5.32 Å². The summed E-state index contributed by atoms with van der Waals surface area (Å²) in [6.45, 7) is 6.34. The Hall–Kier alpha value is -1.72. The van der Waals surface area contributed by atoms with Crippen LogP contribution >= 0.6 is 0 Å². The summed E-state index contributed by atoms with van der Waals surface area (Å²) in [5, 5.41) is 21.7. The standard InChI is InChI=1S/C19H35NO9S/c1-5-9-16(22)28-12-7-6-10-15(19(3,4)17(23)18(24)25)29-30(26,27)13-8-11-20-14(2)21/h15,17,23H,5-13H2,1-4H3,(H,20,21)(H,24,25)/t15?,17-/m0/s1. The zero-order valence-corrected chi connectivity index (χ0v) is 19.0. The molecule has 2 atom stereocenters. The summed E-state index contributed by atoms with van der Waals surface area (Å²) in [5.41, 5.74) is -1.39. The van der Waals surface area contributed by atoms with Crippen molar-refractivity contribution >= 4 is 28.0 Å². The number of aliphatic hydroxyl groups is 1. The van der Waals surface area contributed by atoms with E-state index < -0.39 is 33.7 Å². The number of esters is 1. The van der Waals surface area contributed by atoms with Gasteiger partial charge in [-0.05, 0) is 32.1 Å². The number of aliphatic carboxylic acids is 1. The summed E-state index contributed by atoms with van der Waals surface area (Å²) in [4.78, 5) is 33.5. The van der Waals surface area contributed by atoms with Crippen LogP contribution in [0.15, 0.2) is 0 Å². The number of ether oxygens (including phenoxy) is 1. The van der Waals surface area contributed by atoms with Crippen molar-refractivity contribution in [3.63, 3.8) is 0 Å². The molecule has 0 fully saturated rings. The number of rotatable bonds is 16. The smallest absolute Gasteiger partial charge is 0.333 e. The lowest BCUT2D eigenvalue weighted by Crippen LogP contribution is -2.47. The van der Waals surface area contributed by atoms with Gasteiger partial charge in [-0.1, -0.05) is 20.8 Å². The van der Waals surface area contributed by atoms with Crippen LogP contribution in [0.25, 0.3) is 0 Å². The van der Waals surface area contributed by atoms with Gasteiger partial charge in [0, 0.05) is 25.3 Å². The molecular weight excluding hydrogens is 418 g/mol. The van der Waals surface area contributed by atoms with Gasteiger partial charge in [0.15, 0.2) is 6.10 Å². The number of amides is 1. The molecule has 10 nitrogen and oxygen atoms in total. The van der Waals surface area contributed by atoms with Crippen LogP contribution in [0.3, 0.4) is 0 Å². The summed E-state index contributed by atoms with van der Waals surface area (Å²) in [6, 6.07) is 0. The van der Waals surface area contributed by atoms with Crippen LogP contribution in [-0.2, 0) is 33.4 Å². The molecule has 1 unspecified atom stereocenters.